The fraction of sp³-hybridized carbons (Fsp3) is 0.222. The molecule has 0 fully saturated rings. The number of guanidine groups is 1. The van der Waals surface area contributed by atoms with Gasteiger partial charge in [0.05, 0.1) is 25.9 Å². The number of rotatable bonds is 6. The van der Waals surface area contributed by atoms with Gasteiger partial charge in [0, 0.05) is 18.8 Å². The quantitative estimate of drug-likeness (QED) is 0.462. The van der Waals surface area contributed by atoms with Gasteiger partial charge in [-0.3, -0.25) is 15.1 Å². The van der Waals surface area contributed by atoms with E-state index in [4.69, 9.17) is 4.74 Å². The smallest absolute Gasteiger partial charge is 0.191 e. The highest BCUT2D eigenvalue weighted by molar-refractivity contribution is 5.79. The van der Waals surface area contributed by atoms with E-state index in [1.54, 1.807) is 20.4 Å². The Labute approximate surface area is 151 Å². The third kappa shape index (κ3) is 4.56. The van der Waals surface area contributed by atoms with Crippen LogP contribution in [0.25, 0.3) is 11.4 Å². The fourth-order valence-electron chi connectivity index (χ4n) is 2.31. The summed E-state index contributed by atoms with van der Waals surface area (Å²) in [5.41, 5.74) is 1.86. The van der Waals surface area contributed by atoms with Crippen LogP contribution in [-0.2, 0) is 13.1 Å². The number of methoxy groups -OCH3 is 1. The van der Waals surface area contributed by atoms with E-state index in [0.29, 0.717) is 24.9 Å². The number of H-pyrrole nitrogens is 1. The standard InChI is InChI=1S/C18H21N7O/c1-19-18(21-11-14-5-3-4-10-20-14)22-12-16-23-17(25-24-16)13-6-8-15(26-2)9-7-13/h3-10H,11-12H2,1-2H3,(H2,19,21,22)(H,23,24,25). The normalized spacial score (nSPS) is 11.2. The van der Waals surface area contributed by atoms with Crippen LogP contribution >= 0.6 is 0 Å². The number of nitrogens with zero attached hydrogens (tertiary/aromatic N) is 4. The Morgan fingerprint density at radius 2 is 1.92 bits per heavy atom. The molecular weight excluding hydrogens is 330 g/mol. The van der Waals surface area contributed by atoms with Gasteiger partial charge >= 0.3 is 0 Å². The van der Waals surface area contributed by atoms with Crippen molar-refractivity contribution in [1.82, 2.24) is 30.8 Å². The molecule has 0 spiro atoms. The lowest BCUT2D eigenvalue weighted by atomic mass is 10.2. The zero-order valence-electron chi connectivity index (χ0n) is 14.7. The maximum Gasteiger partial charge on any atom is 0.191 e. The van der Waals surface area contributed by atoms with Gasteiger partial charge in [0.1, 0.15) is 11.6 Å². The Morgan fingerprint density at radius 1 is 1.12 bits per heavy atom. The van der Waals surface area contributed by atoms with Gasteiger partial charge in [0.25, 0.3) is 0 Å². The van der Waals surface area contributed by atoms with Gasteiger partial charge < -0.3 is 15.4 Å². The van der Waals surface area contributed by atoms with Gasteiger partial charge in [0.15, 0.2) is 11.8 Å². The summed E-state index contributed by atoms with van der Waals surface area (Å²) in [6.45, 7) is 1.07. The van der Waals surface area contributed by atoms with Crippen molar-refractivity contribution in [1.29, 1.82) is 0 Å². The molecule has 3 N–H and O–H groups in total. The molecule has 0 aliphatic rings. The van der Waals surface area contributed by atoms with Crippen molar-refractivity contribution in [3.05, 3.63) is 60.2 Å². The van der Waals surface area contributed by atoms with Crippen LogP contribution in [0.5, 0.6) is 5.75 Å². The Hall–Kier alpha value is -3.42. The van der Waals surface area contributed by atoms with E-state index in [1.807, 2.05) is 42.5 Å². The molecule has 134 valence electrons. The monoisotopic (exact) mass is 351 g/mol. The number of ether oxygens (including phenoxy) is 1. The molecule has 0 bridgehead atoms. The second-order valence-electron chi connectivity index (χ2n) is 5.43. The molecule has 2 aromatic heterocycles. The Morgan fingerprint density at radius 3 is 2.62 bits per heavy atom. The number of pyridine rings is 1. The zero-order chi connectivity index (χ0) is 18.2. The van der Waals surface area contributed by atoms with E-state index in [-0.39, 0.29) is 0 Å². The molecule has 0 unspecified atom stereocenters. The summed E-state index contributed by atoms with van der Waals surface area (Å²) < 4.78 is 5.16. The highest BCUT2D eigenvalue weighted by Gasteiger charge is 2.07. The van der Waals surface area contributed by atoms with Crippen molar-refractivity contribution < 1.29 is 4.74 Å². The topological polar surface area (TPSA) is 100 Å². The van der Waals surface area contributed by atoms with Crippen LogP contribution in [0.2, 0.25) is 0 Å². The van der Waals surface area contributed by atoms with E-state index < -0.39 is 0 Å². The van der Waals surface area contributed by atoms with Crippen molar-refractivity contribution in [2.24, 2.45) is 4.99 Å². The second kappa shape index (κ2) is 8.61. The van der Waals surface area contributed by atoms with Crippen molar-refractivity contribution in [2.75, 3.05) is 14.2 Å². The number of aliphatic imine (C=N–C) groups is 1. The summed E-state index contributed by atoms with van der Waals surface area (Å²) in [4.78, 5) is 13.0. The summed E-state index contributed by atoms with van der Waals surface area (Å²) in [5, 5.41) is 13.6. The molecule has 26 heavy (non-hydrogen) atoms. The second-order valence-corrected chi connectivity index (χ2v) is 5.43. The molecule has 0 amide bonds. The molecule has 8 heteroatoms. The van der Waals surface area contributed by atoms with E-state index in [2.05, 4.69) is 35.8 Å². The number of aromatic nitrogens is 4. The fourth-order valence-corrected chi connectivity index (χ4v) is 2.31. The van der Waals surface area contributed by atoms with Crippen LogP contribution in [0.15, 0.2) is 53.7 Å². The summed E-state index contributed by atoms with van der Waals surface area (Å²) in [6, 6.07) is 13.4. The van der Waals surface area contributed by atoms with Crippen molar-refractivity contribution in [3.8, 4) is 17.1 Å². The van der Waals surface area contributed by atoms with Gasteiger partial charge in [-0.1, -0.05) is 6.07 Å². The van der Waals surface area contributed by atoms with Gasteiger partial charge in [-0.15, -0.1) is 0 Å². The lowest BCUT2D eigenvalue weighted by molar-refractivity contribution is 0.415. The Kier molecular flexibility index (Phi) is 5.76. The first-order chi connectivity index (χ1) is 12.8. The number of benzene rings is 1. The largest absolute Gasteiger partial charge is 0.497 e. The summed E-state index contributed by atoms with van der Waals surface area (Å²) in [5.74, 6) is 2.82. The molecule has 0 aliphatic carbocycles. The molecule has 0 aliphatic heterocycles. The van der Waals surface area contributed by atoms with Gasteiger partial charge in [-0.2, -0.15) is 5.10 Å². The molecule has 3 rings (SSSR count). The molecule has 1 aromatic carbocycles. The first-order valence-electron chi connectivity index (χ1n) is 8.18. The molecule has 3 aromatic rings. The van der Waals surface area contributed by atoms with E-state index in [9.17, 15) is 0 Å². The maximum absolute atomic E-state index is 5.16. The summed E-state index contributed by atoms with van der Waals surface area (Å²) in [7, 11) is 3.36. The minimum atomic E-state index is 0.477. The average molecular weight is 351 g/mol. The molecule has 0 radical (unpaired) electrons. The third-order valence-corrected chi connectivity index (χ3v) is 3.69. The molecule has 2 heterocycles. The van der Waals surface area contributed by atoms with Crippen molar-refractivity contribution >= 4 is 5.96 Å². The predicted octanol–water partition coefficient (Wildman–Crippen LogP) is 1.74. The van der Waals surface area contributed by atoms with Crippen LogP contribution in [0, 0.1) is 0 Å². The molecule has 0 saturated carbocycles. The van der Waals surface area contributed by atoms with Gasteiger partial charge in [-0.05, 0) is 36.4 Å². The minimum Gasteiger partial charge on any atom is -0.497 e. The Bertz CT molecular complexity index is 843. The Balaban J connectivity index is 1.54. The van der Waals surface area contributed by atoms with Crippen LogP contribution in [0.3, 0.4) is 0 Å². The lowest BCUT2D eigenvalue weighted by Crippen LogP contribution is -2.36. The highest BCUT2D eigenvalue weighted by Crippen LogP contribution is 2.18. The maximum atomic E-state index is 5.16. The third-order valence-electron chi connectivity index (χ3n) is 3.69. The highest BCUT2D eigenvalue weighted by atomic mass is 16.5. The van der Waals surface area contributed by atoms with E-state index in [1.165, 1.54) is 0 Å². The van der Waals surface area contributed by atoms with Gasteiger partial charge in [0.2, 0.25) is 0 Å². The van der Waals surface area contributed by atoms with Crippen molar-refractivity contribution in [3.63, 3.8) is 0 Å². The lowest BCUT2D eigenvalue weighted by Gasteiger charge is -2.10. The van der Waals surface area contributed by atoms with Gasteiger partial charge in [-0.25, -0.2) is 4.98 Å². The average Bonchev–Trinajstić information content (AvgIpc) is 3.18. The van der Waals surface area contributed by atoms with Crippen LogP contribution in [0.1, 0.15) is 11.5 Å². The first-order valence-corrected chi connectivity index (χ1v) is 8.18. The summed E-state index contributed by atoms with van der Waals surface area (Å²) in [6.07, 6.45) is 1.77. The SMILES string of the molecule is CN=C(NCc1ccccn1)NCc1nc(-c2ccc(OC)cc2)n[nH]1. The number of hydrogen-bond donors (Lipinski definition) is 3. The van der Waals surface area contributed by atoms with Crippen LogP contribution in [-0.4, -0.2) is 40.3 Å². The molecular formula is C18H21N7O. The minimum absolute atomic E-state index is 0.477. The zero-order valence-corrected chi connectivity index (χ0v) is 14.7. The molecule has 0 atom stereocenters. The van der Waals surface area contributed by atoms with E-state index >= 15 is 0 Å². The number of hydrogen-bond acceptors (Lipinski definition) is 5. The molecule has 8 nitrogen and oxygen atoms in total. The summed E-state index contributed by atoms with van der Waals surface area (Å²) >= 11 is 0. The van der Waals surface area contributed by atoms with Crippen LogP contribution in [0.4, 0.5) is 0 Å². The predicted molar refractivity (Wildman–Crippen MR) is 99.6 cm³/mol. The van der Waals surface area contributed by atoms with Crippen LogP contribution < -0.4 is 15.4 Å². The van der Waals surface area contributed by atoms with E-state index in [0.717, 1.165) is 22.8 Å². The van der Waals surface area contributed by atoms with Crippen molar-refractivity contribution in [2.45, 2.75) is 13.1 Å². The molecule has 0 saturated heterocycles. The first kappa shape index (κ1) is 17.4. The number of aromatic amines is 1. The number of nitrogens with one attached hydrogen (secondary N) is 3.